The molecule has 1 aromatic carbocycles. The van der Waals surface area contributed by atoms with E-state index in [1.807, 2.05) is 17.0 Å². The third kappa shape index (κ3) is 4.99. The first-order valence-electron chi connectivity index (χ1n) is 8.13. The highest BCUT2D eigenvalue weighted by Crippen LogP contribution is 2.21. The van der Waals surface area contributed by atoms with E-state index in [2.05, 4.69) is 25.4 Å². The zero-order valence-electron chi connectivity index (χ0n) is 14.5. The molecule has 0 saturated carbocycles. The molecule has 24 heavy (non-hydrogen) atoms. The summed E-state index contributed by atoms with van der Waals surface area (Å²) in [5.41, 5.74) is 2.91. The van der Waals surface area contributed by atoms with E-state index in [9.17, 15) is 4.39 Å². The minimum atomic E-state index is -0.242. The zero-order chi connectivity index (χ0) is 17.5. The minimum absolute atomic E-state index is 0.242. The molecular weight excluding hydrogens is 321 g/mol. The summed E-state index contributed by atoms with van der Waals surface area (Å²) in [7, 11) is 0. The first-order chi connectivity index (χ1) is 11.5. The molecule has 5 heteroatoms. The van der Waals surface area contributed by atoms with Crippen molar-refractivity contribution < 1.29 is 4.39 Å². The highest BCUT2D eigenvalue weighted by atomic mass is 32.1. The SMILES string of the molecule is C=CCN=c1scc(-c2ccc(F)cc2)n1N=C(C)CCC(C)C. The Morgan fingerprint density at radius 3 is 2.67 bits per heavy atom. The normalized spacial score (nSPS) is 12.9. The monoisotopic (exact) mass is 345 g/mol. The van der Waals surface area contributed by atoms with Crippen LogP contribution in [0.2, 0.25) is 0 Å². The number of benzene rings is 1. The molecule has 0 atom stereocenters. The first-order valence-corrected chi connectivity index (χ1v) is 9.01. The molecular formula is C19H24FN3S. The second kappa shape index (κ2) is 8.73. The van der Waals surface area contributed by atoms with Gasteiger partial charge in [0.2, 0.25) is 4.80 Å². The Hall–Kier alpha value is -2.01. The predicted molar refractivity (Wildman–Crippen MR) is 101 cm³/mol. The maximum absolute atomic E-state index is 13.2. The summed E-state index contributed by atoms with van der Waals surface area (Å²) < 4.78 is 15.1. The van der Waals surface area contributed by atoms with Crippen LogP contribution in [-0.4, -0.2) is 16.9 Å². The molecule has 3 nitrogen and oxygen atoms in total. The standard InChI is InChI=1S/C19H24FN3S/c1-5-12-21-19-23(22-15(4)7-6-14(2)3)18(13-24-19)16-8-10-17(20)11-9-16/h5,8-11,13-14H,1,6-7,12H2,2-4H3. The average Bonchev–Trinajstić information content (AvgIpc) is 2.94. The molecule has 0 amide bonds. The number of nitrogens with zero attached hydrogens (tertiary/aromatic N) is 3. The van der Waals surface area contributed by atoms with Crippen LogP contribution in [0.15, 0.2) is 52.4 Å². The van der Waals surface area contributed by atoms with Crippen LogP contribution < -0.4 is 4.80 Å². The number of hydrogen-bond donors (Lipinski definition) is 0. The van der Waals surface area contributed by atoms with Crippen LogP contribution >= 0.6 is 11.3 Å². The lowest BCUT2D eigenvalue weighted by Crippen LogP contribution is -2.14. The largest absolute Gasteiger partial charge is 0.253 e. The Morgan fingerprint density at radius 2 is 2.04 bits per heavy atom. The lowest BCUT2D eigenvalue weighted by atomic mass is 10.1. The molecule has 2 rings (SSSR count). The molecule has 0 bridgehead atoms. The van der Waals surface area contributed by atoms with Crippen molar-refractivity contribution in [3.05, 3.63) is 52.9 Å². The Morgan fingerprint density at radius 1 is 1.33 bits per heavy atom. The van der Waals surface area contributed by atoms with Gasteiger partial charge in [-0.05, 0) is 49.9 Å². The maximum atomic E-state index is 13.2. The smallest absolute Gasteiger partial charge is 0.206 e. The molecule has 0 fully saturated rings. The van der Waals surface area contributed by atoms with Crippen LogP contribution in [0.25, 0.3) is 11.3 Å². The molecule has 0 saturated heterocycles. The highest BCUT2D eigenvalue weighted by Gasteiger charge is 2.08. The van der Waals surface area contributed by atoms with Crippen molar-refractivity contribution >= 4 is 17.0 Å². The van der Waals surface area contributed by atoms with E-state index in [0.717, 1.165) is 34.6 Å². The summed E-state index contributed by atoms with van der Waals surface area (Å²) in [5.74, 6) is 0.401. The summed E-state index contributed by atoms with van der Waals surface area (Å²) in [4.78, 5) is 5.34. The zero-order valence-corrected chi connectivity index (χ0v) is 15.3. The summed E-state index contributed by atoms with van der Waals surface area (Å²) in [5, 5.41) is 6.77. The number of thiazole rings is 1. The summed E-state index contributed by atoms with van der Waals surface area (Å²) in [6.07, 6.45) is 3.81. The minimum Gasteiger partial charge on any atom is -0.253 e. The molecule has 2 aromatic rings. The fraction of sp³-hybridized carbons (Fsp3) is 0.368. The molecule has 1 aromatic heterocycles. The van der Waals surface area contributed by atoms with Crippen molar-refractivity contribution in [3.63, 3.8) is 0 Å². The fourth-order valence-corrected chi connectivity index (χ4v) is 3.03. The van der Waals surface area contributed by atoms with E-state index in [-0.39, 0.29) is 5.82 Å². The predicted octanol–water partition coefficient (Wildman–Crippen LogP) is 5.10. The van der Waals surface area contributed by atoms with Crippen molar-refractivity contribution in [2.75, 3.05) is 6.54 Å². The lowest BCUT2D eigenvalue weighted by molar-refractivity contribution is 0.601. The van der Waals surface area contributed by atoms with Crippen LogP contribution in [0, 0.1) is 11.7 Å². The van der Waals surface area contributed by atoms with Crippen molar-refractivity contribution in [1.29, 1.82) is 0 Å². The number of aromatic nitrogens is 1. The number of rotatable bonds is 7. The molecule has 0 aliphatic heterocycles. The van der Waals surface area contributed by atoms with Crippen LogP contribution in [0.3, 0.4) is 0 Å². The van der Waals surface area contributed by atoms with Crippen LogP contribution in [0.1, 0.15) is 33.6 Å². The van der Waals surface area contributed by atoms with Crippen molar-refractivity contribution in [3.8, 4) is 11.3 Å². The van der Waals surface area contributed by atoms with E-state index in [1.54, 1.807) is 18.2 Å². The molecule has 0 spiro atoms. The van der Waals surface area contributed by atoms with Gasteiger partial charge in [-0.1, -0.05) is 19.9 Å². The van der Waals surface area contributed by atoms with Gasteiger partial charge in [0.25, 0.3) is 0 Å². The van der Waals surface area contributed by atoms with Gasteiger partial charge in [-0.2, -0.15) is 5.10 Å². The molecule has 128 valence electrons. The van der Waals surface area contributed by atoms with Gasteiger partial charge in [0.1, 0.15) is 5.82 Å². The van der Waals surface area contributed by atoms with Crippen molar-refractivity contribution in [2.45, 2.75) is 33.6 Å². The Balaban J connectivity index is 2.45. The van der Waals surface area contributed by atoms with Crippen molar-refractivity contribution in [2.24, 2.45) is 16.0 Å². The van der Waals surface area contributed by atoms with Gasteiger partial charge in [-0.25, -0.2) is 9.07 Å². The van der Waals surface area contributed by atoms with Gasteiger partial charge in [-0.3, -0.25) is 4.99 Å². The van der Waals surface area contributed by atoms with Gasteiger partial charge in [-0.15, -0.1) is 17.9 Å². The van der Waals surface area contributed by atoms with E-state index in [1.165, 1.54) is 23.5 Å². The van der Waals surface area contributed by atoms with Gasteiger partial charge < -0.3 is 0 Å². The second-order valence-electron chi connectivity index (χ2n) is 6.12. The fourth-order valence-electron chi connectivity index (χ4n) is 2.18. The molecule has 1 heterocycles. The third-order valence-electron chi connectivity index (χ3n) is 3.54. The summed E-state index contributed by atoms with van der Waals surface area (Å²) in [6.45, 7) is 10.7. The molecule has 0 aliphatic carbocycles. The van der Waals surface area contributed by atoms with Crippen LogP contribution in [0.5, 0.6) is 0 Å². The molecule has 0 unspecified atom stereocenters. The molecule has 0 N–H and O–H groups in total. The highest BCUT2D eigenvalue weighted by molar-refractivity contribution is 7.07. The van der Waals surface area contributed by atoms with Crippen molar-refractivity contribution in [1.82, 2.24) is 4.68 Å². The Bertz CT molecular complexity index is 767. The van der Waals surface area contributed by atoms with Gasteiger partial charge >= 0.3 is 0 Å². The Kier molecular flexibility index (Phi) is 6.67. The molecule has 0 radical (unpaired) electrons. The maximum Gasteiger partial charge on any atom is 0.206 e. The quantitative estimate of drug-likeness (QED) is 0.493. The van der Waals surface area contributed by atoms with Crippen LogP contribution in [-0.2, 0) is 0 Å². The first kappa shape index (κ1) is 18.3. The van der Waals surface area contributed by atoms with E-state index < -0.39 is 0 Å². The number of halogens is 1. The number of hydrogen-bond acceptors (Lipinski definition) is 3. The van der Waals surface area contributed by atoms with Crippen LogP contribution in [0.4, 0.5) is 4.39 Å². The van der Waals surface area contributed by atoms with E-state index >= 15 is 0 Å². The lowest BCUT2D eigenvalue weighted by Gasteiger charge is -2.07. The van der Waals surface area contributed by atoms with E-state index in [4.69, 9.17) is 5.10 Å². The third-order valence-corrected chi connectivity index (χ3v) is 4.39. The summed E-state index contributed by atoms with van der Waals surface area (Å²) >= 11 is 1.53. The van der Waals surface area contributed by atoms with Gasteiger partial charge in [0, 0.05) is 16.7 Å². The Labute approximate surface area is 146 Å². The molecule has 0 aliphatic rings. The van der Waals surface area contributed by atoms with Gasteiger partial charge in [0.15, 0.2) is 0 Å². The second-order valence-corrected chi connectivity index (χ2v) is 6.96. The van der Waals surface area contributed by atoms with Gasteiger partial charge in [0.05, 0.1) is 12.2 Å². The van der Waals surface area contributed by atoms with E-state index in [0.29, 0.717) is 12.5 Å². The topological polar surface area (TPSA) is 29.6 Å². The summed E-state index contributed by atoms with van der Waals surface area (Å²) in [6, 6.07) is 6.47. The average molecular weight is 345 g/mol.